The molecular formula is C26H24N4O2. The highest BCUT2D eigenvalue weighted by atomic mass is 16.5. The van der Waals surface area contributed by atoms with Gasteiger partial charge in [-0.05, 0) is 42.2 Å². The first kappa shape index (κ1) is 19.2. The van der Waals surface area contributed by atoms with E-state index >= 15 is 0 Å². The van der Waals surface area contributed by atoms with Crippen molar-refractivity contribution in [1.29, 1.82) is 0 Å². The number of benzene rings is 2. The smallest absolute Gasteiger partial charge is 0.264 e. The zero-order valence-corrected chi connectivity index (χ0v) is 18.0. The third kappa shape index (κ3) is 3.19. The monoisotopic (exact) mass is 424 g/mol. The number of hydrogen-bond acceptors (Lipinski definition) is 6. The second-order valence-corrected chi connectivity index (χ2v) is 8.66. The number of rotatable bonds is 4. The standard InChI is InChI=1S/C26H24N4O2/c1-18-2-4-20(5-3-18)26(16-31-17-26)21-6-8-22(9-7-21)30-12-10-19-14-28-24(29-23(19)15-30)25-27-11-13-32-25/h2-9,11,13-14H,10,12,15-17H2,1H3. The van der Waals surface area contributed by atoms with Crippen LogP contribution in [0.4, 0.5) is 5.69 Å². The van der Waals surface area contributed by atoms with Gasteiger partial charge in [0, 0.05) is 18.4 Å². The molecule has 0 bridgehead atoms. The van der Waals surface area contributed by atoms with E-state index in [1.165, 1.54) is 27.9 Å². The van der Waals surface area contributed by atoms with Gasteiger partial charge < -0.3 is 14.1 Å². The quantitative estimate of drug-likeness (QED) is 0.486. The van der Waals surface area contributed by atoms with E-state index in [4.69, 9.17) is 14.1 Å². The summed E-state index contributed by atoms with van der Waals surface area (Å²) in [5.41, 5.74) is 7.30. The molecule has 6 nitrogen and oxygen atoms in total. The average Bonchev–Trinajstić information content (AvgIpc) is 3.34. The molecule has 4 heterocycles. The third-order valence-corrected chi connectivity index (χ3v) is 6.66. The van der Waals surface area contributed by atoms with E-state index in [0.29, 0.717) is 11.7 Å². The van der Waals surface area contributed by atoms with Gasteiger partial charge in [-0.15, -0.1) is 0 Å². The van der Waals surface area contributed by atoms with Gasteiger partial charge in [0.2, 0.25) is 5.82 Å². The van der Waals surface area contributed by atoms with Gasteiger partial charge in [0.25, 0.3) is 5.89 Å². The zero-order chi connectivity index (χ0) is 21.5. The van der Waals surface area contributed by atoms with Crippen LogP contribution in [0.5, 0.6) is 0 Å². The van der Waals surface area contributed by atoms with Crippen LogP contribution in [0, 0.1) is 6.92 Å². The highest BCUT2D eigenvalue weighted by Gasteiger charge is 2.42. The molecular weight excluding hydrogens is 400 g/mol. The Morgan fingerprint density at radius 2 is 1.69 bits per heavy atom. The van der Waals surface area contributed by atoms with Crippen LogP contribution in [0.2, 0.25) is 0 Å². The maximum atomic E-state index is 5.67. The van der Waals surface area contributed by atoms with Gasteiger partial charge in [0.15, 0.2) is 0 Å². The van der Waals surface area contributed by atoms with Crippen LogP contribution in [0.3, 0.4) is 0 Å². The summed E-state index contributed by atoms with van der Waals surface area (Å²) in [5.74, 6) is 0.995. The molecule has 0 unspecified atom stereocenters. The number of aryl methyl sites for hydroxylation is 1. The largest absolute Gasteiger partial charge is 0.442 e. The zero-order valence-electron chi connectivity index (χ0n) is 18.0. The number of fused-ring (bicyclic) bond motifs is 1. The Hall–Kier alpha value is -3.51. The van der Waals surface area contributed by atoms with Crippen molar-refractivity contribution in [2.24, 2.45) is 0 Å². The van der Waals surface area contributed by atoms with Crippen molar-refractivity contribution in [2.45, 2.75) is 25.3 Å². The van der Waals surface area contributed by atoms with E-state index in [1.807, 2.05) is 6.20 Å². The van der Waals surface area contributed by atoms with E-state index in [0.717, 1.165) is 38.4 Å². The van der Waals surface area contributed by atoms with Crippen LogP contribution < -0.4 is 4.90 Å². The molecule has 6 heteroatoms. The van der Waals surface area contributed by atoms with Crippen molar-refractivity contribution in [3.8, 4) is 11.7 Å². The molecule has 2 aliphatic rings. The summed E-state index contributed by atoms with van der Waals surface area (Å²) in [4.78, 5) is 15.7. The summed E-state index contributed by atoms with van der Waals surface area (Å²) >= 11 is 0. The van der Waals surface area contributed by atoms with Gasteiger partial charge in [-0.25, -0.2) is 15.0 Å². The number of anilines is 1. The maximum absolute atomic E-state index is 5.67. The number of ether oxygens (including phenoxy) is 1. The van der Waals surface area contributed by atoms with Gasteiger partial charge in [-0.3, -0.25) is 0 Å². The van der Waals surface area contributed by atoms with Gasteiger partial charge in [-0.2, -0.15) is 0 Å². The van der Waals surface area contributed by atoms with Gasteiger partial charge in [-0.1, -0.05) is 42.0 Å². The molecule has 1 fully saturated rings. The fourth-order valence-corrected chi connectivity index (χ4v) is 4.63. The average molecular weight is 425 g/mol. The van der Waals surface area contributed by atoms with Crippen molar-refractivity contribution >= 4 is 5.69 Å². The number of hydrogen-bond donors (Lipinski definition) is 0. The fraction of sp³-hybridized carbons (Fsp3) is 0.269. The van der Waals surface area contributed by atoms with Gasteiger partial charge >= 0.3 is 0 Å². The van der Waals surface area contributed by atoms with E-state index < -0.39 is 0 Å². The van der Waals surface area contributed by atoms with Crippen molar-refractivity contribution in [1.82, 2.24) is 15.0 Å². The molecule has 4 aromatic rings. The molecule has 160 valence electrons. The topological polar surface area (TPSA) is 64.3 Å². The SMILES string of the molecule is Cc1ccc(C2(c3ccc(N4CCc5cnc(-c6ncco6)nc5C4)cc3)COC2)cc1. The number of nitrogens with zero attached hydrogens (tertiary/aromatic N) is 4. The Bertz CT molecular complexity index is 1230. The Morgan fingerprint density at radius 1 is 0.938 bits per heavy atom. The second kappa shape index (κ2) is 7.57. The summed E-state index contributed by atoms with van der Waals surface area (Å²) in [7, 11) is 0. The van der Waals surface area contributed by atoms with E-state index in [1.54, 1.807) is 12.5 Å². The molecule has 2 aliphatic heterocycles. The summed E-state index contributed by atoms with van der Waals surface area (Å²) in [6.45, 7) is 5.27. The summed E-state index contributed by atoms with van der Waals surface area (Å²) in [6.07, 6.45) is 5.99. The minimum absolute atomic E-state index is 0.0428. The number of aromatic nitrogens is 3. The summed E-state index contributed by atoms with van der Waals surface area (Å²) < 4.78 is 11.0. The molecule has 2 aromatic carbocycles. The highest BCUT2D eigenvalue weighted by Crippen LogP contribution is 2.40. The molecule has 32 heavy (non-hydrogen) atoms. The molecule has 0 N–H and O–H groups in total. The van der Waals surface area contributed by atoms with Crippen LogP contribution in [-0.4, -0.2) is 34.7 Å². The molecule has 1 saturated heterocycles. The summed E-state index contributed by atoms with van der Waals surface area (Å²) in [5, 5.41) is 0. The van der Waals surface area contributed by atoms with Crippen molar-refractivity contribution in [2.75, 3.05) is 24.7 Å². The minimum atomic E-state index is -0.0428. The lowest BCUT2D eigenvalue weighted by Gasteiger charge is -2.43. The fourth-order valence-electron chi connectivity index (χ4n) is 4.63. The minimum Gasteiger partial charge on any atom is -0.442 e. The Kier molecular flexibility index (Phi) is 4.54. The lowest BCUT2D eigenvalue weighted by molar-refractivity contribution is -0.0379. The molecule has 0 radical (unpaired) electrons. The van der Waals surface area contributed by atoms with Gasteiger partial charge in [0.1, 0.15) is 6.26 Å². The van der Waals surface area contributed by atoms with Crippen LogP contribution in [0.25, 0.3) is 11.7 Å². The molecule has 0 spiro atoms. The Morgan fingerprint density at radius 3 is 2.34 bits per heavy atom. The first-order valence-electron chi connectivity index (χ1n) is 11.0. The number of oxazole rings is 1. The molecule has 6 rings (SSSR count). The molecule has 2 aromatic heterocycles. The maximum Gasteiger partial charge on any atom is 0.264 e. The molecule has 0 amide bonds. The first-order valence-corrected chi connectivity index (χ1v) is 11.0. The second-order valence-electron chi connectivity index (χ2n) is 8.66. The first-order chi connectivity index (χ1) is 15.7. The molecule has 0 atom stereocenters. The predicted molar refractivity (Wildman–Crippen MR) is 122 cm³/mol. The van der Waals surface area contributed by atoms with E-state index in [9.17, 15) is 0 Å². The van der Waals surface area contributed by atoms with Crippen LogP contribution >= 0.6 is 0 Å². The molecule has 0 aliphatic carbocycles. The Balaban J connectivity index is 1.25. The summed E-state index contributed by atoms with van der Waals surface area (Å²) in [6, 6.07) is 17.8. The van der Waals surface area contributed by atoms with Crippen molar-refractivity contribution in [3.63, 3.8) is 0 Å². The lowest BCUT2D eigenvalue weighted by atomic mass is 9.73. The lowest BCUT2D eigenvalue weighted by Crippen LogP contribution is -2.47. The third-order valence-electron chi connectivity index (χ3n) is 6.66. The highest BCUT2D eigenvalue weighted by molar-refractivity contribution is 5.53. The molecule has 0 saturated carbocycles. The van der Waals surface area contributed by atoms with Crippen LogP contribution in [0.1, 0.15) is 27.9 Å². The van der Waals surface area contributed by atoms with E-state index in [-0.39, 0.29) is 5.41 Å². The normalized spacial score (nSPS) is 17.0. The van der Waals surface area contributed by atoms with Crippen molar-refractivity contribution < 1.29 is 9.15 Å². The van der Waals surface area contributed by atoms with E-state index in [2.05, 4.69) is 70.3 Å². The van der Waals surface area contributed by atoms with Gasteiger partial charge in [0.05, 0.1) is 37.1 Å². The Labute approximate surface area is 186 Å². The predicted octanol–water partition coefficient (Wildman–Crippen LogP) is 4.32. The van der Waals surface area contributed by atoms with Crippen LogP contribution in [0.15, 0.2) is 71.6 Å². The van der Waals surface area contributed by atoms with Crippen LogP contribution in [-0.2, 0) is 23.1 Å². The van der Waals surface area contributed by atoms with Crippen molar-refractivity contribution in [3.05, 3.63) is 95.1 Å².